The molecule has 2 aromatic rings. The number of rotatable bonds is 6. The van der Waals surface area contributed by atoms with Crippen molar-refractivity contribution in [1.82, 2.24) is 10.6 Å². The second-order valence-corrected chi connectivity index (χ2v) is 5.71. The molecular weight excluding hydrogens is 302 g/mol. The van der Waals surface area contributed by atoms with Crippen LogP contribution in [0.5, 0.6) is 0 Å². The Kier molecular flexibility index (Phi) is 6.09. The van der Waals surface area contributed by atoms with E-state index in [1.54, 1.807) is 7.05 Å². The van der Waals surface area contributed by atoms with Gasteiger partial charge < -0.3 is 10.6 Å². The summed E-state index contributed by atoms with van der Waals surface area (Å²) in [6, 6.07) is 14.7. The standard InChI is InChI=1S/C19H23N3O2/c1-13-9-10-14(2)16(11-13)22-19(24)18(21-12-17(23)20-3)15-7-5-4-6-8-15/h4-11,18,21H,12H2,1-3H3,(H,20,23)(H,22,24)/t18-/m0/s1. The maximum absolute atomic E-state index is 12.8. The predicted molar refractivity (Wildman–Crippen MR) is 95.8 cm³/mol. The second kappa shape index (κ2) is 8.26. The van der Waals surface area contributed by atoms with Crippen LogP contribution in [0.2, 0.25) is 0 Å². The van der Waals surface area contributed by atoms with Gasteiger partial charge in [-0.2, -0.15) is 0 Å². The van der Waals surface area contributed by atoms with E-state index in [0.29, 0.717) is 0 Å². The highest BCUT2D eigenvalue weighted by atomic mass is 16.2. The highest BCUT2D eigenvalue weighted by molar-refractivity contribution is 5.96. The third kappa shape index (κ3) is 4.67. The molecule has 0 saturated carbocycles. The van der Waals surface area contributed by atoms with Crippen molar-refractivity contribution in [3.63, 3.8) is 0 Å². The van der Waals surface area contributed by atoms with Gasteiger partial charge in [0.2, 0.25) is 11.8 Å². The Morgan fingerprint density at radius 2 is 1.75 bits per heavy atom. The molecule has 3 N–H and O–H groups in total. The van der Waals surface area contributed by atoms with Gasteiger partial charge in [-0.3, -0.25) is 14.9 Å². The van der Waals surface area contributed by atoms with Gasteiger partial charge in [0, 0.05) is 12.7 Å². The van der Waals surface area contributed by atoms with Crippen LogP contribution in [0.15, 0.2) is 48.5 Å². The second-order valence-electron chi connectivity index (χ2n) is 5.71. The number of benzene rings is 2. The van der Waals surface area contributed by atoms with Crippen molar-refractivity contribution < 1.29 is 9.59 Å². The summed E-state index contributed by atoms with van der Waals surface area (Å²) in [5.74, 6) is -0.366. The smallest absolute Gasteiger partial charge is 0.246 e. The summed E-state index contributed by atoms with van der Waals surface area (Å²) >= 11 is 0. The molecule has 0 spiro atoms. The average Bonchev–Trinajstić information content (AvgIpc) is 2.59. The van der Waals surface area contributed by atoms with Crippen LogP contribution in [0.1, 0.15) is 22.7 Å². The molecular formula is C19H23N3O2. The summed E-state index contributed by atoms with van der Waals surface area (Å²) in [7, 11) is 1.57. The lowest BCUT2D eigenvalue weighted by Gasteiger charge is -2.19. The van der Waals surface area contributed by atoms with Crippen LogP contribution in [-0.2, 0) is 9.59 Å². The van der Waals surface area contributed by atoms with Crippen LogP contribution in [0.4, 0.5) is 5.69 Å². The molecule has 0 aliphatic carbocycles. The molecule has 0 aliphatic rings. The molecule has 126 valence electrons. The highest BCUT2D eigenvalue weighted by Crippen LogP contribution is 2.20. The number of carbonyl (C=O) groups excluding carboxylic acids is 2. The lowest BCUT2D eigenvalue weighted by atomic mass is 10.1. The Morgan fingerprint density at radius 1 is 1.04 bits per heavy atom. The van der Waals surface area contributed by atoms with Crippen molar-refractivity contribution in [3.05, 3.63) is 65.2 Å². The number of aryl methyl sites for hydroxylation is 2. The maximum atomic E-state index is 12.8. The van der Waals surface area contributed by atoms with Crippen LogP contribution in [-0.4, -0.2) is 25.4 Å². The lowest BCUT2D eigenvalue weighted by molar-refractivity contribution is -0.120. The zero-order valence-corrected chi connectivity index (χ0v) is 14.2. The fourth-order valence-corrected chi connectivity index (χ4v) is 2.37. The van der Waals surface area contributed by atoms with Gasteiger partial charge >= 0.3 is 0 Å². The first kappa shape index (κ1) is 17.7. The summed E-state index contributed by atoms with van der Waals surface area (Å²) in [5, 5.41) is 8.52. The number of hydrogen-bond acceptors (Lipinski definition) is 3. The summed E-state index contributed by atoms with van der Waals surface area (Å²) in [4.78, 5) is 24.3. The predicted octanol–water partition coefficient (Wildman–Crippen LogP) is 2.32. The van der Waals surface area contributed by atoms with E-state index < -0.39 is 6.04 Å². The van der Waals surface area contributed by atoms with Crippen molar-refractivity contribution in [1.29, 1.82) is 0 Å². The van der Waals surface area contributed by atoms with Gasteiger partial charge in [-0.25, -0.2) is 0 Å². The number of carbonyl (C=O) groups is 2. The number of nitrogens with one attached hydrogen (secondary N) is 3. The number of likely N-dealkylation sites (N-methyl/N-ethyl adjacent to an activating group) is 1. The molecule has 0 fully saturated rings. The van der Waals surface area contributed by atoms with Crippen LogP contribution in [0.3, 0.4) is 0 Å². The number of anilines is 1. The van der Waals surface area contributed by atoms with Crippen molar-refractivity contribution in [2.75, 3.05) is 18.9 Å². The SMILES string of the molecule is CNC(=O)CN[C@H](C(=O)Nc1cc(C)ccc1C)c1ccccc1. The zero-order chi connectivity index (χ0) is 17.5. The molecule has 0 unspecified atom stereocenters. The third-order valence-electron chi connectivity index (χ3n) is 3.79. The fraction of sp³-hybridized carbons (Fsp3) is 0.263. The quantitative estimate of drug-likeness (QED) is 0.763. The van der Waals surface area contributed by atoms with E-state index >= 15 is 0 Å². The van der Waals surface area contributed by atoms with Gasteiger partial charge in [0.1, 0.15) is 6.04 Å². The molecule has 2 amide bonds. The minimum absolute atomic E-state index is 0.0658. The summed E-state index contributed by atoms with van der Waals surface area (Å²) in [6.45, 7) is 3.99. The summed E-state index contributed by atoms with van der Waals surface area (Å²) in [5.41, 5.74) is 3.66. The molecule has 5 heteroatoms. The van der Waals surface area contributed by atoms with Crippen LogP contribution in [0, 0.1) is 13.8 Å². The monoisotopic (exact) mass is 325 g/mol. The van der Waals surface area contributed by atoms with E-state index in [0.717, 1.165) is 22.4 Å². The van der Waals surface area contributed by atoms with Gasteiger partial charge in [-0.15, -0.1) is 0 Å². The summed E-state index contributed by atoms with van der Waals surface area (Å²) in [6.07, 6.45) is 0. The Morgan fingerprint density at radius 3 is 2.42 bits per heavy atom. The van der Waals surface area contributed by atoms with Crippen molar-refractivity contribution in [3.8, 4) is 0 Å². The summed E-state index contributed by atoms with van der Waals surface area (Å²) < 4.78 is 0. The van der Waals surface area contributed by atoms with Crippen molar-refractivity contribution >= 4 is 17.5 Å². The van der Waals surface area contributed by atoms with Gasteiger partial charge in [0.15, 0.2) is 0 Å². The van der Waals surface area contributed by atoms with E-state index in [2.05, 4.69) is 16.0 Å². The van der Waals surface area contributed by atoms with Crippen molar-refractivity contribution in [2.24, 2.45) is 0 Å². The molecule has 0 aliphatic heterocycles. The molecule has 5 nitrogen and oxygen atoms in total. The highest BCUT2D eigenvalue weighted by Gasteiger charge is 2.21. The average molecular weight is 325 g/mol. The first-order chi connectivity index (χ1) is 11.5. The first-order valence-corrected chi connectivity index (χ1v) is 7.88. The normalized spacial score (nSPS) is 11.6. The minimum Gasteiger partial charge on any atom is -0.358 e. The molecule has 2 aromatic carbocycles. The molecule has 24 heavy (non-hydrogen) atoms. The zero-order valence-electron chi connectivity index (χ0n) is 14.2. The Bertz CT molecular complexity index is 714. The molecule has 0 aromatic heterocycles. The third-order valence-corrected chi connectivity index (χ3v) is 3.79. The van der Waals surface area contributed by atoms with E-state index in [9.17, 15) is 9.59 Å². The maximum Gasteiger partial charge on any atom is 0.246 e. The van der Waals surface area contributed by atoms with Gasteiger partial charge in [-0.05, 0) is 36.6 Å². The Labute approximate surface area is 142 Å². The lowest BCUT2D eigenvalue weighted by Crippen LogP contribution is -2.39. The Balaban J connectivity index is 2.20. The first-order valence-electron chi connectivity index (χ1n) is 7.88. The van der Waals surface area contributed by atoms with E-state index in [1.807, 2.05) is 62.4 Å². The molecule has 0 heterocycles. The van der Waals surface area contributed by atoms with Gasteiger partial charge in [-0.1, -0.05) is 42.5 Å². The van der Waals surface area contributed by atoms with Crippen molar-refractivity contribution in [2.45, 2.75) is 19.9 Å². The van der Waals surface area contributed by atoms with Crippen LogP contribution in [0.25, 0.3) is 0 Å². The minimum atomic E-state index is -0.608. The largest absolute Gasteiger partial charge is 0.358 e. The topological polar surface area (TPSA) is 70.2 Å². The number of amides is 2. The van der Waals surface area contributed by atoms with E-state index in [4.69, 9.17) is 0 Å². The molecule has 1 atom stereocenters. The molecule has 0 saturated heterocycles. The molecule has 0 radical (unpaired) electrons. The van der Waals surface area contributed by atoms with Crippen LogP contribution >= 0.6 is 0 Å². The van der Waals surface area contributed by atoms with Gasteiger partial charge in [0.05, 0.1) is 6.54 Å². The van der Waals surface area contributed by atoms with Crippen LogP contribution < -0.4 is 16.0 Å². The molecule has 2 rings (SSSR count). The molecule has 0 bridgehead atoms. The number of hydrogen-bond donors (Lipinski definition) is 3. The van der Waals surface area contributed by atoms with E-state index in [1.165, 1.54) is 0 Å². The van der Waals surface area contributed by atoms with E-state index in [-0.39, 0.29) is 18.4 Å². The fourth-order valence-electron chi connectivity index (χ4n) is 2.37. The van der Waals surface area contributed by atoms with Gasteiger partial charge in [0.25, 0.3) is 0 Å². The Hall–Kier alpha value is -2.66.